The van der Waals surface area contributed by atoms with E-state index in [-0.39, 0.29) is 34.7 Å². The van der Waals surface area contributed by atoms with Crippen LogP contribution in [0.2, 0.25) is 0 Å². The van der Waals surface area contributed by atoms with Crippen molar-refractivity contribution in [1.82, 2.24) is 30.6 Å². The molecule has 0 aliphatic rings. The molecule has 2 aromatic heterocycles. The topological polar surface area (TPSA) is 186 Å². The monoisotopic (exact) mass is 483 g/mol. The summed E-state index contributed by atoms with van der Waals surface area (Å²) in [6.07, 6.45) is 4.12. The summed E-state index contributed by atoms with van der Waals surface area (Å²) < 4.78 is 4.59. The summed E-state index contributed by atoms with van der Waals surface area (Å²) >= 11 is 0. The van der Waals surface area contributed by atoms with Gasteiger partial charge in [0.1, 0.15) is 22.9 Å². The van der Waals surface area contributed by atoms with E-state index < -0.39 is 6.09 Å². The third kappa shape index (κ3) is 7.13. The standard InChI is InChI=1S/C23H33N9O3/c1-8-9-14(30-21(25)27-10-12(2)28-22(34)35-7)17-18(32-20(31-17)23(4,5)6)15-11-26-19(24)16(29-15)13(3)33/h8-9,11-12H,1,10H2,2-7H3,(H2,24,26)(H,28,34)(H,31,32)(H3,25,27,30)/b14-9-/t12-/m0/s1. The molecule has 2 aromatic rings. The molecule has 188 valence electrons. The highest BCUT2D eigenvalue weighted by Crippen LogP contribution is 2.31. The van der Waals surface area contributed by atoms with Gasteiger partial charge in [0.15, 0.2) is 17.6 Å². The predicted octanol–water partition coefficient (Wildman–Crippen LogP) is 2.12. The van der Waals surface area contributed by atoms with E-state index in [2.05, 4.69) is 41.9 Å². The van der Waals surface area contributed by atoms with Gasteiger partial charge in [0.25, 0.3) is 0 Å². The first-order valence-corrected chi connectivity index (χ1v) is 10.9. The Labute approximate surface area is 204 Å². The van der Waals surface area contributed by atoms with E-state index in [0.717, 1.165) is 0 Å². The van der Waals surface area contributed by atoms with Crippen molar-refractivity contribution in [3.63, 3.8) is 0 Å². The Morgan fingerprint density at radius 2 is 2.03 bits per heavy atom. The Kier molecular flexibility index (Phi) is 8.70. The first kappa shape index (κ1) is 27.0. The fraction of sp³-hybridized carbons (Fsp3) is 0.391. The molecular weight excluding hydrogens is 450 g/mol. The Hall–Kier alpha value is -4.22. The number of carbonyl (C=O) groups excluding carboxylic acids is 2. The van der Waals surface area contributed by atoms with E-state index in [4.69, 9.17) is 16.5 Å². The summed E-state index contributed by atoms with van der Waals surface area (Å²) in [7, 11) is 1.29. The molecule has 0 saturated heterocycles. The maximum atomic E-state index is 12.0. The maximum Gasteiger partial charge on any atom is 0.407 e. The van der Waals surface area contributed by atoms with Crippen molar-refractivity contribution in [2.24, 2.45) is 10.7 Å². The Morgan fingerprint density at radius 3 is 2.60 bits per heavy atom. The second-order valence-corrected chi connectivity index (χ2v) is 8.81. The number of guanidine groups is 1. The summed E-state index contributed by atoms with van der Waals surface area (Å²) in [6, 6.07) is -0.270. The molecule has 0 spiro atoms. The summed E-state index contributed by atoms with van der Waals surface area (Å²) in [5.74, 6) is 0.491. The van der Waals surface area contributed by atoms with Crippen molar-refractivity contribution < 1.29 is 14.3 Å². The number of aromatic amines is 1. The van der Waals surface area contributed by atoms with Gasteiger partial charge in [-0.05, 0) is 13.0 Å². The van der Waals surface area contributed by atoms with Gasteiger partial charge in [-0.1, -0.05) is 33.4 Å². The quantitative estimate of drug-likeness (QED) is 0.162. The van der Waals surface area contributed by atoms with Gasteiger partial charge in [-0.2, -0.15) is 0 Å². The fourth-order valence-corrected chi connectivity index (χ4v) is 2.90. The number of amides is 1. The van der Waals surface area contributed by atoms with Gasteiger partial charge >= 0.3 is 6.09 Å². The lowest BCUT2D eigenvalue weighted by Gasteiger charge is -2.15. The minimum Gasteiger partial charge on any atom is -0.453 e. The Morgan fingerprint density at radius 1 is 1.34 bits per heavy atom. The van der Waals surface area contributed by atoms with Crippen molar-refractivity contribution >= 4 is 29.4 Å². The zero-order valence-corrected chi connectivity index (χ0v) is 20.9. The summed E-state index contributed by atoms with van der Waals surface area (Å²) in [6.45, 7) is 13.2. The number of allylic oxidation sites excluding steroid dienone is 2. The van der Waals surface area contributed by atoms with E-state index in [9.17, 15) is 9.59 Å². The van der Waals surface area contributed by atoms with Crippen LogP contribution in [0.25, 0.3) is 17.1 Å². The molecule has 7 N–H and O–H groups in total. The van der Waals surface area contributed by atoms with Crippen molar-refractivity contribution in [3.05, 3.63) is 42.1 Å². The zero-order chi connectivity index (χ0) is 26.3. The number of methoxy groups -OCH3 is 1. The molecule has 12 heteroatoms. The molecule has 0 radical (unpaired) electrons. The van der Waals surface area contributed by atoms with Crippen molar-refractivity contribution in [2.45, 2.75) is 46.1 Å². The predicted molar refractivity (Wildman–Crippen MR) is 136 cm³/mol. The molecule has 0 saturated carbocycles. The molecule has 1 atom stereocenters. The van der Waals surface area contributed by atoms with Gasteiger partial charge < -0.3 is 31.8 Å². The van der Waals surface area contributed by atoms with Gasteiger partial charge in [0.2, 0.25) is 0 Å². The summed E-state index contributed by atoms with van der Waals surface area (Å²) in [4.78, 5) is 44.4. The number of nitrogens with two attached hydrogens (primary N) is 2. The van der Waals surface area contributed by atoms with E-state index in [1.807, 2.05) is 20.8 Å². The number of rotatable bonds is 8. The number of alkyl carbamates (subject to hydrolysis) is 1. The summed E-state index contributed by atoms with van der Waals surface area (Å²) in [5, 5.41) is 5.59. The SMILES string of the molecule is C=C/C=C(\N=C(/N)NC[C@H](C)NC(=O)OC)c1[nH]c(C(C)(C)C)nc1-c1cnc(N)c(C(C)=O)n1. The number of aliphatic imine (C=N–C) groups is 1. The molecule has 0 unspecified atom stereocenters. The van der Waals surface area contributed by atoms with Crippen LogP contribution in [-0.2, 0) is 10.2 Å². The fourth-order valence-electron chi connectivity index (χ4n) is 2.90. The molecule has 1 amide bonds. The first-order valence-electron chi connectivity index (χ1n) is 10.9. The van der Waals surface area contributed by atoms with Crippen LogP contribution in [0.3, 0.4) is 0 Å². The molecular formula is C23H33N9O3. The number of carbonyl (C=O) groups is 2. The highest BCUT2D eigenvalue weighted by atomic mass is 16.5. The number of nitrogens with one attached hydrogen (secondary N) is 3. The number of nitrogen functional groups attached to an aromatic ring is 1. The largest absolute Gasteiger partial charge is 0.453 e. The highest BCUT2D eigenvalue weighted by Gasteiger charge is 2.25. The molecule has 0 fully saturated rings. The lowest BCUT2D eigenvalue weighted by molar-refractivity contribution is 0.101. The number of aromatic nitrogens is 4. The first-order chi connectivity index (χ1) is 16.4. The van der Waals surface area contributed by atoms with E-state index in [0.29, 0.717) is 35.1 Å². The van der Waals surface area contributed by atoms with Crippen LogP contribution in [0, 0.1) is 0 Å². The number of nitrogens with zero attached hydrogens (tertiary/aromatic N) is 4. The van der Waals surface area contributed by atoms with Gasteiger partial charge in [0, 0.05) is 24.9 Å². The second-order valence-electron chi connectivity index (χ2n) is 8.81. The second kappa shape index (κ2) is 11.3. The van der Waals surface area contributed by atoms with Crippen LogP contribution < -0.4 is 22.1 Å². The lowest BCUT2D eigenvalue weighted by atomic mass is 9.96. The third-order valence-electron chi connectivity index (χ3n) is 4.70. The number of H-pyrrole nitrogens is 1. The molecule has 0 bridgehead atoms. The number of Topliss-reactive ketones (excluding diaryl/α,β-unsaturated/α-hetero) is 1. The number of anilines is 1. The Bertz CT molecular complexity index is 1160. The van der Waals surface area contributed by atoms with Gasteiger partial charge in [-0.3, -0.25) is 4.79 Å². The number of ketones is 1. The van der Waals surface area contributed by atoms with Crippen LogP contribution in [0.4, 0.5) is 10.6 Å². The molecule has 12 nitrogen and oxygen atoms in total. The number of imidazole rings is 1. The molecule has 35 heavy (non-hydrogen) atoms. The average molecular weight is 484 g/mol. The minimum absolute atomic E-state index is 0.0392. The molecule has 0 aliphatic heterocycles. The lowest BCUT2D eigenvalue weighted by Crippen LogP contribution is -2.44. The van der Waals surface area contributed by atoms with Crippen LogP contribution in [0.15, 0.2) is 29.9 Å². The number of hydrogen-bond donors (Lipinski definition) is 5. The molecule has 0 aromatic carbocycles. The Balaban J connectivity index is 2.51. The van der Waals surface area contributed by atoms with Gasteiger partial charge in [0.05, 0.1) is 24.7 Å². The molecule has 0 aliphatic carbocycles. The average Bonchev–Trinajstić information content (AvgIpc) is 3.23. The van der Waals surface area contributed by atoms with Crippen LogP contribution >= 0.6 is 0 Å². The minimum atomic E-state index is -0.548. The van der Waals surface area contributed by atoms with Crippen molar-refractivity contribution in [1.29, 1.82) is 0 Å². The smallest absolute Gasteiger partial charge is 0.407 e. The van der Waals surface area contributed by atoms with Crippen molar-refractivity contribution in [3.8, 4) is 11.4 Å². The number of ether oxygens (including phenoxy) is 1. The van der Waals surface area contributed by atoms with E-state index >= 15 is 0 Å². The van der Waals surface area contributed by atoms with Crippen molar-refractivity contribution in [2.75, 3.05) is 19.4 Å². The summed E-state index contributed by atoms with van der Waals surface area (Å²) in [5.41, 5.74) is 13.4. The molecule has 2 heterocycles. The van der Waals surface area contributed by atoms with E-state index in [1.54, 1.807) is 19.1 Å². The molecule has 2 rings (SSSR count). The zero-order valence-electron chi connectivity index (χ0n) is 20.9. The van der Waals surface area contributed by atoms with Crippen LogP contribution in [0.5, 0.6) is 0 Å². The third-order valence-corrected chi connectivity index (χ3v) is 4.70. The van der Waals surface area contributed by atoms with Gasteiger partial charge in [-0.15, -0.1) is 0 Å². The van der Waals surface area contributed by atoms with Gasteiger partial charge in [-0.25, -0.2) is 24.7 Å². The number of hydrogen-bond acceptors (Lipinski definition) is 8. The normalized spacial score (nSPS) is 13.2. The van der Waals surface area contributed by atoms with Crippen LogP contribution in [-0.4, -0.2) is 57.5 Å². The highest BCUT2D eigenvalue weighted by molar-refractivity contribution is 5.96. The van der Waals surface area contributed by atoms with Crippen LogP contribution in [0.1, 0.15) is 56.6 Å². The maximum absolute atomic E-state index is 12.0. The van der Waals surface area contributed by atoms with E-state index in [1.165, 1.54) is 20.2 Å².